The van der Waals surface area contributed by atoms with E-state index in [1.165, 1.54) is 12.1 Å². The standard InChI is InChI=1S/C15H17FN2O2S/c1-8(2)20-14(19)12-9(3)17-15(21)18-13(12)10-4-6-11(16)7-5-10/h4-8,13H,1-3H3,(H2,17,18,21). The number of hydrogen-bond donors (Lipinski definition) is 2. The molecule has 6 heteroatoms. The minimum atomic E-state index is -0.453. The van der Waals surface area contributed by atoms with Crippen LogP contribution in [0.4, 0.5) is 4.39 Å². The van der Waals surface area contributed by atoms with Crippen LogP contribution in [0.1, 0.15) is 32.4 Å². The number of carbonyl (C=O) groups excluding carboxylic acids is 1. The molecule has 1 aliphatic rings. The average molecular weight is 308 g/mol. The second-order valence-electron chi connectivity index (χ2n) is 5.08. The zero-order chi connectivity index (χ0) is 15.6. The Labute approximate surface area is 128 Å². The number of carbonyl (C=O) groups is 1. The van der Waals surface area contributed by atoms with Crippen LogP contribution in [0.15, 0.2) is 35.5 Å². The first-order valence-electron chi connectivity index (χ1n) is 6.63. The Balaban J connectivity index is 2.40. The molecule has 0 amide bonds. The summed E-state index contributed by atoms with van der Waals surface area (Å²) in [7, 11) is 0. The first-order chi connectivity index (χ1) is 9.88. The van der Waals surface area contributed by atoms with E-state index in [2.05, 4.69) is 10.6 Å². The van der Waals surface area contributed by atoms with Gasteiger partial charge in [0.25, 0.3) is 0 Å². The van der Waals surface area contributed by atoms with Gasteiger partial charge < -0.3 is 15.4 Å². The second kappa shape index (κ2) is 6.22. The molecule has 0 spiro atoms. The van der Waals surface area contributed by atoms with E-state index in [9.17, 15) is 9.18 Å². The molecule has 4 nitrogen and oxygen atoms in total. The maximum absolute atomic E-state index is 13.1. The molecular weight excluding hydrogens is 291 g/mol. The van der Waals surface area contributed by atoms with Crippen LogP contribution < -0.4 is 10.6 Å². The van der Waals surface area contributed by atoms with Gasteiger partial charge in [-0.2, -0.15) is 0 Å². The molecule has 0 fully saturated rings. The molecule has 112 valence electrons. The Morgan fingerprint density at radius 1 is 1.33 bits per heavy atom. The van der Waals surface area contributed by atoms with Gasteiger partial charge in [0.2, 0.25) is 0 Å². The van der Waals surface area contributed by atoms with E-state index in [0.29, 0.717) is 16.4 Å². The summed E-state index contributed by atoms with van der Waals surface area (Å²) in [5.74, 6) is -0.749. The van der Waals surface area contributed by atoms with Crippen molar-refractivity contribution in [3.8, 4) is 0 Å². The number of ether oxygens (including phenoxy) is 1. The smallest absolute Gasteiger partial charge is 0.338 e. The van der Waals surface area contributed by atoms with E-state index in [1.807, 2.05) is 0 Å². The summed E-state index contributed by atoms with van der Waals surface area (Å²) in [5, 5.41) is 6.36. The number of allylic oxidation sites excluding steroid dienone is 1. The Morgan fingerprint density at radius 2 is 1.95 bits per heavy atom. The summed E-state index contributed by atoms with van der Waals surface area (Å²) in [6, 6.07) is 5.49. The molecule has 0 aliphatic carbocycles. The van der Waals surface area contributed by atoms with Gasteiger partial charge in [0.1, 0.15) is 5.82 Å². The lowest BCUT2D eigenvalue weighted by atomic mass is 9.95. The molecule has 0 radical (unpaired) electrons. The van der Waals surface area contributed by atoms with E-state index in [0.717, 1.165) is 5.56 Å². The minimum Gasteiger partial charge on any atom is -0.459 e. The molecule has 2 N–H and O–H groups in total. The van der Waals surface area contributed by atoms with E-state index < -0.39 is 12.0 Å². The highest BCUT2D eigenvalue weighted by Crippen LogP contribution is 2.28. The highest BCUT2D eigenvalue weighted by Gasteiger charge is 2.31. The van der Waals surface area contributed by atoms with Crippen LogP contribution in [0.5, 0.6) is 0 Å². The lowest BCUT2D eigenvalue weighted by molar-refractivity contribution is -0.143. The summed E-state index contributed by atoms with van der Waals surface area (Å²) in [5.41, 5.74) is 1.83. The molecule has 0 saturated carbocycles. The third-order valence-electron chi connectivity index (χ3n) is 3.04. The zero-order valence-electron chi connectivity index (χ0n) is 12.1. The molecule has 0 bridgehead atoms. The molecule has 21 heavy (non-hydrogen) atoms. The van der Waals surface area contributed by atoms with E-state index in [-0.39, 0.29) is 11.9 Å². The topological polar surface area (TPSA) is 50.4 Å². The van der Waals surface area contributed by atoms with E-state index >= 15 is 0 Å². The summed E-state index contributed by atoms with van der Waals surface area (Å²) >= 11 is 5.13. The normalized spacial score (nSPS) is 18.3. The highest BCUT2D eigenvalue weighted by molar-refractivity contribution is 7.80. The van der Waals surface area contributed by atoms with Crippen molar-refractivity contribution in [1.82, 2.24) is 10.6 Å². The molecular formula is C15H17FN2O2S. The van der Waals surface area contributed by atoms with Gasteiger partial charge in [0.15, 0.2) is 5.11 Å². The maximum Gasteiger partial charge on any atom is 0.338 e. The quantitative estimate of drug-likeness (QED) is 0.664. The number of esters is 1. The minimum absolute atomic E-state index is 0.222. The number of hydrogen-bond acceptors (Lipinski definition) is 3. The van der Waals surface area contributed by atoms with Crippen molar-refractivity contribution < 1.29 is 13.9 Å². The molecule has 2 rings (SSSR count). The number of halogens is 1. The predicted octanol–water partition coefficient (Wildman–Crippen LogP) is 2.57. The second-order valence-corrected chi connectivity index (χ2v) is 5.48. The lowest BCUT2D eigenvalue weighted by Crippen LogP contribution is -2.45. The van der Waals surface area contributed by atoms with E-state index in [1.54, 1.807) is 32.9 Å². The van der Waals surface area contributed by atoms with Gasteiger partial charge in [-0.15, -0.1) is 0 Å². The SMILES string of the molecule is CC1=C(C(=O)OC(C)C)C(c2ccc(F)cc2)NC(=S)N1. The first-order valence-corrected chi connectivity index (χ1v) is 7.04. The summed E-state index contributed by atoms with van der Waals surface area (Å²) in [4.78, 5) is 12.3. The van der Waals surface area contributed by atoms with Crippen LogP contribution in [0.2, 0.25) is 0 Å². The number of nitrogens with one attached hydrogen (secondary N) is 2. The number of rotatable bonds is 3. The third kappa shape index (κ3) is 3.58. The highest BCUT2D eigenvalue weighted by atomic mass is 32.1. The molecule has 1 aromatic rings. The molecule has 1 heterocycles. The Bertz CT molecular complexity index is 596. The number of benzene rings is 1. The van der Waals surface area contributed by atoms with Gasteiger partial charge in [-0.3, -0.25) is 0 Å². The fraction of sp³-hybridized carbons (Fsp3) is 0.333. The van der Waals surface area contributed by atoms with Crippen LogP contribution >= 0.6 is 12.2 Å². The maximum atomic E-state index is 13.1. The number of thiocarbonyl (C=S) groups is 1. The van der Waals surface area contributed by atoms with E-state index in [4.69, 9.17) is 17.0 Å². The monoisotopic (exact) mass is 308 g/mol. The first kappa shape index (κ1) is 15.4. The lowest BCUT2D eigenvalue weighted by Gasteiger charge is -2.30. The molecule has 0 aromatic heterocycles. The van der Waals surface area contributed by atoms with Crippen LogP contribution in [0, 0.1) is 5.82 Å². The summed E-state index contributed by atoms with van der Waals surface area (Å²) in [6.45, 7) is 5.34. The van der Waals surface area contributed by atoms with Crippen LogP contribution in [0.25, 0.3) is 0 Å². The van der Waals surface area contributed by atoms with Gasteiger partial charge >= 0.3 is 5.97 Å². The van der Waals surface area contributed by atoms with Gasteiger partial charge in [-0.25, -0.2) is 9.18 Å². The molecule has 1 aliphatic heterocycles. The van der Waals surface area contributed by atoms with Gasteiger partial charge in [0, 0.05) is 5.70 Å². The average Bonchev–Trinajstić information content (AvgIpc) is 2.37. The van der Waals surface area contributed by atoms with Crippen molar-refractivity contribution in [3.63, 3.8) is 0 Å². The van der Waals surface area contributed by atoms with Crippen molar-refractivity contribution in [2.45, 2.75) is 32.9 Å². The fourth-order valence-corrected chi connectivity index (χ4v) is 2.42. The van der Waals surface area contributed by atoms with Gasteiger partial charge in [-0.1, -0.05) is 12.1 Å². The molecule has 0 saturated heterocycles. The Kier molecular flexibility index (Phi) is 4.57. The molecule has 1 atom stereocenters. The van der Waals surface area contributed by atoms with Gasteiger partial charge in [-0.05, 0) is 50.7 Å². The van der Waals surface area contributed by atoms with Crippen LogP contribution in [-0.2, 0) is 9.53 Å². The molecule has 1 aromatic carbocycles. The zero-order valence-corrected chi connectivity index (χ0v) is 12.9. The molecule has 1 unspecified atom stereocenters. The van der Waals surface area contributed by atoms with Crippen molar-refractivity contribution in [1.29, 1.82) is 0 Å². The van der Waals surface area contributed by atoms with Crippen molar-refractivity contribution in [2.24, 2.45) is 0 Å². The fourth-order valence-electron chi connectivity index (χ4n) is 2.15. The largest absolute Gasteiger partial charge is 0.459 e. The summed E-state index contributed by atoms with van der Waals surface area (Å²) < 4.78 is 18.3. The van der Waals surface area contributed by atoms with Crippen LogP contribution in [0.3, 0.4) is 0 Å². The van der Waals surface area contributed by atoms with Crippen molar-refractivity contribution >= 4 is 23.3 Å². The summed E-state index contributed by atoms with van der Waals surface area (Å²) in [6.07, 6.45) is -0.222. The predicted molar refractivity (Wildman–Crippen MR) is 81.9 cm³/mol. The Morgan fingerprint density at radius 3 is 2.52 bits per heavy atom. The van der Waals surface area contributed by atoms with Gasteiger partial charge in [0.05, 0.1) is 17.7 Å². The third-order valence-corrected chi connectivity index (χ3v) is 3.26. The van der Waals surface area contributed by atoms with Crippen molar-refractivity contribution in [3.05, 3.63) is 46.9 Å². The van der Waals surface area contributed by atoms with Crippen LogP contribution in [-0.4, -0.2) is 17.2 Å². The Hall–Kier alpha value is -1.95. The van der Waals surface area contributed by atoms with Crippen molar-refractivity contribution in [2.75, 3.05) is 0 Å².